The van der Waals surface area contributed by atoms with Crippen LogP contribution in [-0.4, -0.2) is 42.1 Å². The van der Waals surface area contributed by atoms with Crippen LogP contribution in [-0.2, 0) is 6.18 Å². The molecule has 11 heteroatoms. The molecule has 2 heterocycles. The number of rotatable bonds is 5. The van der Waals surface area contributed by atoms with Crippen LogP contribution in [0.1, 0.15) is 22.3 Å². The summed E-state index contributed by atoms with van der Waals surface area (Å²) in [6.07, 6.45) is -3.57. The Morgan fingerprint density at radius 1 is 1.34 bits per heavy atom. The summed E-state index contributed by atoms with van der Waals surface area (Å²) < 4.78 is 43.5. The summed E-state index contributed by atoms with van der Waals surface area (Å²) in [7, 11) is 1.43. The second-order valence-electron chi connectivity index (χ2n) is 6.40. The molecule has 2 aromatic rings. The summed E-state index contributed by atoms with van der Waals surface area (Å²) >= 11 is 0. The maximum Gasteiger partial charge on any atom is 0.417 e. The van der Waals surface area contributed by atoms with Crippen molar-refractivity contribution in [3.05, 3.63) is 57.8 Å². The van der Waals surface area contributed by atoms with Gasteiger partial charge in [0.1, 0.15) is 6.10 Å². The number of amides is 1. The number of halogens is 3. The highest BCUT2D eigenvalue weighted by atomic mass is 19.4. The maximum atomic E-state index is 12.6. The van der Waals surface area contributed by atoms with E-state index in [0.717, 1.165) is 12.1 Å². The van der Waals surface area contributed by atoms with Crippen molar-refractivity contribution in [3.8, 4) is 5.88 Å². The number of hydrogen-bond donors (Lipinski definition) is 1. The lowest BCUT2D eigenvalue weighted by atomic mass is 10.1. The van der Waals surface area contributed by atoms with Gasteiger partial charge in [-0.05, 0) is 12.1 Å². The van der Waals surface area contributed by atoms with Crippen molar-refractivity contribution in [1.29, 1.82) is 0 Å². The monoisotopic (exact) mass is 410 g/mol. The van der Waals surface area contributed by atoms with Gasteiger partial charge >= 0.3 is 6.18 Å². The van der Waals surface area contributed by atoms with Gasteiger partial charge in [-0.1, -0.05) is 0 Å². The predicted molar refractivity (Wildman–Crippen MR) is 97.0 cm³/mol. The fourth-order valence-electron chi connectivity index (χ4n) is 3.06. The highest BCUT2D eigenvalue weighted by molar-refractivity contribution is 6.00. The second-order valence-corrected chi connectivity index (χ2v) is 6.40. The molecule has 1 saturated heterocycles. The summed E-state index contributed by atoms with van der Waals surface area (Å²) in [5, 5.41) is 13.5. The highest BCUT2D eigenvalue weighted by Crippen LogP contribution is 2.31. The van der Waals surface area contributed by atoms with Crippen LogP contribution in [0.3, 0.4) is 0 Å². The maximum absolute atomic E-state index is 12.6. The number of pyridine rings is 1. The summed E-state index contributed by atoms with van der Waals surface area (Å²) in [5.41, 5.74) is -0.385. The molecule has 0 aliphatic carbocycles. The number of carbonyl (C=O) groups excluding carboxylic acids is 1. The van der Waals surface area contributed by atoms with Gasteiger partial charge in [0.2, 0.25) is 5.88 Å². The number of nitrogens with zero attached hydrogens (tertiary/aromatic N) is 3. The van der Waals surface area contributed by atoms with Crippen molar-refractivity contribution in [2.45, 2.75) is 18.7 Å². The van der Waals surface area contributed by atoms with Gasteiger partial charge in [-0.3, -0.25) is 14.9 Å². The molecule has 0 spiro atoms. The molecule has 1 aromatic heterocycles. The third-order valence-electron chi connectivity index (χ3n) is 4.50. The number of nitro groups is 1. The molecule has 29 heavy (non-hydrogen) atoms. The van der Waals surface area contributed by atoms with E-state index in [1.54, 1.807) is 0 Å². The zero-order valence-electron chi connectivity index (χ0n) is 15.3. The minimum absolute atomic E-state index is 0.0695. The Morgan fingerprint density at radius 2 is 2.10 bits per heavy atom. The molecule has 1 amide bonds. The number of ether oxygens (including phenoxy) is 1. The Bertz CT molecular complexity index is 918. The zero-order chi connectivity index (χ0) is 21.2. The normalized spacial score (nSPS) is 16.6. The third kappa shape index (κ3) is 4.55. The molecule has 1 atom stereocenters. The number of aromatic nitrogens is 1. The SMILES string of the molecule is CNC(=O)c1cc([N+](=O)[O-])ccc1N1CCC(Oc2ccc(C(F)(F)F)cn2)C1. The molecule has 1 N–H and O–H groups in total. The van der Waals surface area contributed by atoms with E-state index in [-0.39, 0.29) is 23.2 Å². The largest absolute Gasteiger partial charge is 0.472 e. The van der Waals surface area contributed by atoms with Crippen molar-refractivity contribution < 1.29 is 27.6 Å². The Hall–Kier alpha value is -3.37. The van der Waals surface area contributed by atoms with Crippen molar-refractivity contribution in [2.24, 2.45) is 0 Å². The van der Waals surface area contributed by atoms with Gasteiger partial charge in [0.15, 0.2) is 0 Å². The molecule has 1 aliphatic rings. The third-order valence-corrected chi connectivity index (χ3v) is 4.50. The summed E-state index contributed by atoms with van der Waals surface area (Å²) in [6, 6.07) is 6.08. The molecular formula is C18H17F3N4O4. The quantitative estimate of drug-likeness (QED) is 0.601. The van der Waals surface area contributed by atoms with Gasteiger partial charge in [0, 0.05) is 44.4 Å². The summed E-state index contributed by atoms with van der Waals surface area (Å²) in [6.45, 7) is 0.859. The lowest BCUT2D eigenvalue weighted by Gasteiger charge is -2.21. The fourth-order valence-corrected chi connectivity index (χ4v) is 3.06. The van der Waals surface area contributed by atoms with Crippen LogP contribution in [0.2, 0.25) is 0 Å². The van der Waals surface area contributed by atoms with E-state index < -0.39 is 22.6 Å². The Kier molecular flexibility index (Phi) is 5.57. The Morgan fingerprint density at radius 3 is 2.69 bits per heavy atom. The number of anilines is 1. The first-order valence-corrected chi connectivity index (χ1v) is 8.64. The van der Waals surface area contributed by atoms with E-state index >= 15 is 0 Å². The lowest BCUT2D eigenvalue weighted by Crippen LogP contribution is -2.28. The highest BCUT2D eigenvalue weighted by Gasteiger charge is 2.31. The van der Waals surface area contributed by atoms with Crippen molar-refractivity contribution >= 4 is 17.3 Å². The van der Waals surface area contributed by atoms with E-state index in [2.05, 4.69) is 10.3 Å². The number of non-ortho nitro benzene ring substituents is 1. The van der Waals surface area contributed by atoms with Crippen molar-refractivity contribution in [3.63, 3.8) is 0 Å². The average Bonchev–Trinajstić information content (AvgIpc) is 3.14. The van der Waals surface area contributed by atoms with Crippen LogP contribution < -0.4 is 15.0 Å². The van der Waals surface area contributed by atoms with Gasteiger partial charge in [0.05, 0.1) is 28.3 Å². The first-order chi connectivity index (χ1) is 13.7. The first-order valence-electron chi connectivity index (χ1n) is 8.64. The van der Waals surface area contributed by atoms with E-state index in [1.165, 1.54) is 25.2 Å². The van der Waals surface area contributed by atoms with Crippen molar-refractivity contribution in [1.82, 2.24) is 10.3 Å². The van der Waals surface area contributed by atoms with E-state index in [1.807, 2.05) is 4.90 Å². The van der Waals surface area contributed by atoms with Gasteiger partial charge in [0.25, 0.3) is 11.6 Å². The van der Waals surface area contributed by atoms with Gasteiger partial charge in [-0.2, -0.15) is 13.2 Å². The molecule has 1 unspecified atom stereocenters. The molecule has 8 nitrogen and oxygen atoms in total. The molecule has 1 fully saturated rings. The Balaban J connectivity index is 1.74. The molecular weight excluding hydrogens is 393 g/mol. The Labute approximate surface area is 163 Å². The predicted octanol–water partition coefficient (Wildman–Crippen LogP) is 3.03. The number of hydrogen-bond acceptors (Lipinski definition) is 6. The smallest absolute Gasteiger partial charge is 0.417 e. The second kappa shape index (κ2) is 7.94. The molecule has 0 saturated carbocycles. The topological polar surface area (TPSA) is 97.6 Å². The van der Waals surface area contributed by atoms with Crippen LogP contribution >= 0.6 is 0 Å². The number of alkyl halides is 3. The molecule has 154 valence electrons. The molecule has 3 rings (SSSR count). The summed E-state index contributed by atoms with van der Waals surface area (Å²) in [5.74, 6) is -0.391. The van der Waals surface area contributed by atoms with Crippen LogP contribution in [0, 0.1) is 10.1 Å². The summed E-state index contributed by atoms with van der Waals surface area (Å²) in [4.78, 5) is 28.1. The van der Waals surface area contributed by atoms with E-state index in [9.17, 15) is 28.1 Å². The van der Waals surface area contributed by atoms with Crippen LogP contribution in [0.15, 0.2) is 36.5 Å². The molecule has 1 aliphatic heterocycles. The van der Waals surface area contributed by atoms with Gasteiger partial charge in [-0.25, -0.2) is 4.98 Å². The minimum atomic E-state index is -4.47. The molecule has 0 radical (unpaired) electrons. The fraction of sp³-hybridized carbons (Fsp3) is 0.333. The van der Waals surface area contributed by atoms with Crippen LogP contribution in [0.25, 0.3) is 0 Å². The van der Waals surface area contributed by atoms with Crippen molar-refractivity contribution in [2.75, 3.05) is 25.0 Å². The van der Waals surface area contributed by atoms with Gasteiger partial charge in [-0.15, -0.1) is 0 Å². The van der Waals surface area contributed by atoms with E-state index in [0.29, 0.717) is 31.4 Å². The van der Waals surface area contributed by atoms with Crippen LogP contribution in [0.4, 0.5) is 24.5 Å². The number of benzene rings is 1. The molecule has 1 aromatic carbocycles. The first kappa shape index (κ1) is 20.4. The van der Waals surface area contributed by atoms with Gasteiger partial charge < -0.3 is 15.0 Å². The zero-order valence-corrected chi connectivity index (χ0v) is 15.3. The van der Waals surface area contributed by atoms with E-state index in [4.69, 9.17) is 4.74 Å². The average molecular weight is 410 g/mol. The lowest BCUT2D eigenvalue weighted by molar-refractivity contribution is -0.384. The standard InChI is InChI=1S/C18H17F3N4O4/c1-22-17(26)14-8-12(25(27)28)3-4-15(14)24-7-6-13(10-24)29-16-5-2-11(9-23-16)18(19,20)21/h2-5,8-9,13H,6-7,10H2,1H3,(H,22,26). The number of nitro benzene ring substituents is 1. The van der Waals surface area contributed by atoms with Crippen LogP contribution in [0.5, 0.6) is 5.88 Å². The number of nitrogens with one attached hydrogen (secondary N) is 1. The number of carbonyl (C=O) groups is 1. The molecule has 0 bridgehead atoms. The minimum Gasteiger partial charge on any atom is -0.472 e.